The molecule has 0 heterocycles. The molecule has 0 saturated heterocycles. The van der Waals surface area contributed by atoms with Crippen molar-refractivity contribution in [3.63, 3.8) is 0 Å². The van der Waals surface area contributed by atoms with Crippen LogP contribution in [0.4, 0.5) is 0 Å². The van der Waals surface area contributed by atoms with Crippen LogP contribution in [-0.2, 0) is 6.42 Å². The number of thioether (sulfide) groups is 1. The van der Waals surface area contributed by atoms with Gasteiger partial charge >= 0.3 is 0 Å². The van der Waals surface area contributed by atoms with Gasteiger partial charge in [0.2, 0.25) is 0 Å². The van der Waals surface area contributed by atoms with Crippen LogP contribution in [0.5, 0.6) is 11.5 Å². The van der Waals surface area contributed by atoms with Crippen LogP contribution in [-0.4, -0.2) is 48.8 Å². The summed E-state index contributed by atoms with van der Waals surface area (Å²) < 4.78 is 5.11. The van der Waals surface area contributed by atoms with E-state index in [1.165, 1.54) is 19.3 Å². The predicted molar refractivity (Wildman–Crippen MR) is 118 cm³/mol. The molecule has 5 nitrogen and oxygen atoms in total. The number of hydrogen-bond acceptors (Lipinski definition) is 4. The SMILES string of the molecule is CCNC(=NCCc1ccc(OC)cc1O)NC1CCC(SC)C1.I. The average Bonchev–Trinajstić information content (AvgIpc) is 3.04. The molecule has 2 unspecified atom stereocenters. The molecule has 0 aliphatic heterocycles. The Labute approximate surface area is 172 Å². The second-order valence-electron chi connectivity index (χ2n) is 6.02. The highest BCUT2D eigenvalue weighted by Gasteiger charge is 2.24. The largest absolute Gasteiger partial charge is 0.508 e. The van der Waals surface area contributed by atoms with Gasteiger partial charge in [0.05, 0.1) is 7.11 Å². The molecule has 3 N–H and O–H groups in total. The third-order valence-electron chi connectivity index (χ3n) is 4.35. The summed E-state index contributed by atoms with van der Waals surface area (Å²) in [5, 5.41) is 17.6. The number of aromatic hydroxyl groups is 1. The Kier molecular flexibility index (Phi) is 10.4. The molecule has 1 saturated carbocycles. The van der Waals surface area contributed by atoms with Crippen LogP contribution >= 0.6 is 35.7 Å². The Morgan fingerprint density at radius 2 is 2.20 bits per heavy atom. The maximum Gasteiger partial charge on any atom is 0.191 e. The number of phenols is 1. The number of hydrogen-bond donors (Lipinski definition) is 3. The predicted octanol–water partition coefficient (Wildman–Crippen LogP) is 3.40. The first-order chi connectivity index (χ1) is 11.7. The molecule has 142 valence electrons. The van der Waals surface area contributed by atoms with Crippen molar-refractivity contribution < 1.29 is 9.84 Å². The van der Waals surface area contributed by atoms with E-state index < -0.39 is 0 Å². The number of halogens is 1. The van der Waals surface area contributed by atoms with Gasteiger partial charge in [0, 0.05) is 30.4 Å². The summed E-state index contributed by atoms with van der Waals surface area (Å²) in [6, 6.07) is 5.91. The zero-order valence-corrected chi connectivity index (χ0v) is 18.4. The number of aliphatic imine (C=N–C) groups is 1. The summed E-state index contributed by atoms with van der Waals surface area (Å²) in [5.74, 6) is 1.80. The summed E-state index contributed by atoms with van der Waals surface area (Å²) in [5.41, 5.74) is 0.888. The van der Waals surface area contributed by atoms with Crippen LogP contribution in [0.1, 0.15) is 31.7 Å². The minimum Gasteiger partial charge on any atom is -0.508 e. The lowest BCUT2D eigenvalue weighted by Crippen LogP contribution is -2.42. The van der Waals surface area contributed by atoms with Crippen molar-refractivity contribution in [2.45, 2.75) is 43.9 Å². The van der Waals surface area contributed by atoms with E-state index >= 15 is 0 Å². The Bertz CT molecular complexity index is 557. The van der Waals surface area contributed by atoms with Crippen LogP contribution in [0.3, 0.4) is 0 Å². The van der Waals surface area contributed by atoms with Crippen molar-refractivity contribution in [3.8, 4) is 11.5 Å². The summed E-state index contributed by atoms with van der Waals surface area (Å²) >= 11 is 1.96. The highest BCUT2D eigenvalue weighted by Crippen LogP contribution is 2.28. The van der Waals surface area contributed by atoms with Crippen LogP contribution < -0.4 is 15.4 Å². The number of ether oxygens (including phenoxy) is 1. The molecule has 0 bridgehead atoms. The van der Waals surface area contributed by atoms with Gasteiger partial charge in [-0.05, 0) is 50.5 Å². The monoisotopic (exact) mass is 479 g/mol. The summed E-state index contributed by atoms with van der Waals surface area (Å²) in [6.07, 6.45) is 6.57. The van der Waals surface area contributed by atoms with Gasteiger partial charge in [0.1, 0.15) is 11.5 Å². The molecule has 7 heteroatoms. The molecule has 1 aliphatic carbocycles. The standard InChI is InChI=1S/C18H29N3O2S.HI/c1-4-19-18(21-14-6-8-16(11-14)24-3)20-10-9-13-5-7-15(23-2)12-17(13)22;/h5,7,12,14,16,22H,4,6,8-11H2,1-3H3,(H2,19,20,21);1H. The molecule has 0 amide bonds. The van der Waals surface area contributed by atoms with Crippen molar-refractivity contribution in [3.05, 3.63) is 23.8 Å². The molecular weight excluding hydrogens is 449 g/mol. The van der Waals surface area contributed by atoms with Crippen molar-refractivity contribution in [2.24, 2.45) is 4.99 Å². The minimum absolute atomic E-state index is 0. The zero-order valence-electron chi connectivity index (χ0n) is 15.2. The van der Waals surface area contributed by atoms with Crippen molar-refractivity contribution in [1.82, 2.24) is 10.6 Å². The van der Waals surface area contributed by atoms with E-state index in [1.54, 1.807) is 13.2 Å². The summed E-state index contributed by atoms with van der Waals surface area (Å²) in [4.78, 5) is 4.65. The summed E-state index contributed by atoms with van der Waals surface area (Å²) in [7, 11) is 1.59. The molecule has 0 aromatic heterocycles. The number of nitrogens with zero attached hydrogens (tertiary/aromatic N) is 1. The van der Waals surface area contributed by atoms with Crippen molar-refractivity contribution in [2.75, 3.05) is 26.5 Å². The first-order valence-electron chi connectivity index (χ1n) is 8.59. The highest BCUT2D eigenvalue weighted by molar-refractivity contribution is 14.0. The maximum atomic E-state index is 10.0. The molecule has 0 spiro atoms. The Hall–Kier alpha value is -0.830. The van der Waals surface area contributed by atoms with Gasteiger partial charge in [-0.2, -0.15) is 11.8 Å². The molecule has 1 fully saturated rings. The van der Waals surface area contributed by atoms with Gasteiger partial charge in [-0.3, -0.25) is 4.99 Å². The Morgan fingerprint density at radius 3 is 2.80 bits per heavy atom. The average molecular weight is 479 g/mol. The second-order valence-corrected chi connectivity index (χ2v) is 7.16. The smallest absolute Gasteiger partial charge is 0.191 e. The molecule has 1 aromatic carbocycles. The van der Waals surface area contributed by atoms with E-state index in [-0.39, 0.29) is 29.7 Å². The fraction of sp³-hybridized carbons (Fsp3) is 0.611. The Balaban J connectivity index is 0.00000312. The normalized spacial score (nSPS) is 20.0. The topological polar surface area (TPSA) is 65.9 Å². The van der Waals surface area contributed by atoms with Gasteiger partial charge in [-0.25, -0.2) is 0 Å². The quantitative estimate of drug-likeness (QED) is 0.318. The van der Waals surface area contributed by atoms with E-state index in [0.29, 0.717) is 24.8 Å². The van der Waals surface area contributed by atoms with Crippen molar-refractivity contribution in [1.29, 1.82) is 0 Å². The van der Waals surface area contributed by atoms with Crippen LogP contribution in [0.15, 0.2) is 23.2 Å². The fourth-order valence-electron chi connectivity index (χ4n) is 2.97. The van der Waals surface area contributed by atoms with Crippen LogP contribution in [0.25, 0.3) is 0 Å². The zero-order chi connectivity index (χ0) is 17.4. The van der Waals surface area contributed by atoms with Gasteiger partial charge in [0.15, 0.2) is 5.96 Å². The van der Waals surface area contributed by atoms with E-state index in [2.05, 4.69) is 28.8 Å². The number of guanidine groups is 1. The second kappa shape index (κ2) is 11.7. The first-order valence-corrected chi connectivity index (χ1v) is 9.88. The highest BCUT2D eigenvalue weighted by atomic mass is 127. The van der Waals surface area contributed by atoms with Gasteiger partial charge < -0.3 is 20.5 Å². The van der Waals surface area contributed by atoms with Gasteiger partial charge in [-0.15, -0.1) is 24.0 Å². The lowest BCUT2D eigenvalue weighted by molar-refractivity contribution is 0.406. The van der Waals surface area contributed by atoms with Crippen LogP contribution in [0.2, 0.25) is 0 Å². The third-order valence-corrected chi connectivity index (χ3v) is 5.44. The number of benzene rings is 1. The van der Waals surface area contributed by atoms with E-state index in [4.69, 9.17) is 4.74 Å². The molecule has 1 aliphatic rings. The minimum atomic E-state index is 0. The first kappa shape index (κ1) is 22.2. The van der Waals surface area contributed by atoms with E-state index in [0.717, 1.165) is 23.3 Å². The van der Waals surface area contributed by atoms with Crippen molar-refractivity contribution >= 4 is 41.7 Å². The maximum absolute atomic E-state index is 10.0. The van der Waals surface area contributed by atoms with Gasteiger partial charge in [0.25, 0.3) is 0 Å². The molecule has 2 atom stereocenters. The van der Waals surface area contributed by atoms with E-state index in [1.807, 2.05) is 23.9 Å². The molecule has 1 aromatic rings. The van der Waals surface area contributed by atoms with Crippen LogP contribution in [0, 0.1) is 0 Å². The molecular formula is C18H30IN3O2S. The molecule has 25 heavy (non-hydrogen) atoms. The number of methoxy groups -OCH3 is 1. The molecule has 2 rings (SSSR count). The molecule has 0 radical (unpaired) electrons. The summed E-state index contributed by atoms with van der Waals surface area (Å²) in [6.45, 7) is 3.55. The number of phenolic OH excluding ortho intramolecular Hbond substituents is 1. The van der Waals surface area contributed by atoms with E-state index in [9.17, 15) is 5.11 Å². The number of nitrogens with one attached hydrogen (secondary N) is 2. The number of rotatable bonds is 7. The lowest BCUT2D eigenvalue weighted by atomic mass is 10.1. The fourth-order valence-corrected chi connectivity index (χ4v) is 3.77. The van der Waals surface area contributed by atoms with Gasteiger partial charge in [-0.1, -0.05) is 6.07 Å². The Morgan fingerprint density at radius 1 is 1.40 bits per heavy atom. The lowest BCUT2D eigenvalue weighted by Gasteiger charge is -2.17. The third kappa shape index (κ3) is 7.13.